The molecule has 2 aromatic carbocycles. The van der Waals surface area contributed by atoms with Crippen molar-refractivity contribution in [3.05, 3.63) is 63.9 Å². The second-order valence-corrected chi connectivity index (χ2v) is 5.15. The molecule has 2 aromatic rings. The van der Waals surface area contributed by atoms with E-state index in [0.29, 0.717) is 16.3 Å². The first-order valence-corrected chi connectivity index (χ1v) is 6.81. The minimum atomic E-state index is -0.773. The van der Waals surface area contributed by atoms with E-state index in [9.17, 15) is 9.50 Å². The molecule has 106 valence electrons. The van der Waals surface area contributed by atoms with Crippen molar-refractivity contribution in [1.82, 2.24) is 0 Å². The van der Waals surface area contributed by atoms with Crippen molar-refractivity contribution in [3.8, 4) is 5.75 Å². The first-order chi connectivity index (χ1) is 9.56. The number of aliphatic hydroxyl groups is 1. The molecule has 1 N–H and O–H groups in total. The van der Waals surface area contributed by atoms with Gasteiger partial charge in [-0.1, -0.05) is 35.3 Å². The molecule has 0 spiro atoms. The third-order valence-electron chi connectivity index (χ3n) is 2.74. The van der Waals surface area contributed by atoms with Gasteiger partial charge >= 0.3 is 0 Å². The average molecular weight is 315 g/mol. The second kappa shape index (κ2) is 6.93. The second-order valence-electron chi connectivity index (χ2n) is 4.34. The Bertz CT molecular complexity index is 573. The quantitative estimate of drug-likeness (QED) is 0.899. The van der Waals surface area contributed by atoms with E-state index in [2.05, 4.69) is 0 Å². The Hall–Kier alpha value is -1.29. The van der Waals surface area contributed by atoms with Crippen molar-refractivity contribution in [2.24, 2.45) is 0 Å². The van der Waals surface area contributed by atoms with Crippen LogP contribution in [-0.2, 0) is 6.42 Å². The Labute approximate surface area is 126 Å². The number of hydrogen-bond donors (Lipinski definition) is 1. The van der Waals surface area contributed by atoms with Crippen LogP contribution < -0.4 is 4.74 Å². The average Bonchev–Trinajstić information content (AvgIpc) is 2.43. The third-order valence-corrected chi connectivity index (χ3v) is 3.42. The van der Waals surface area contributed by atoms with Gasteiger partial charge in [0.15, 0.2) is 0 Å². The fraction of sp³-hybridized carbons (Fsp3) is 0.200. The van der Waals surface area contributed by atoms with Crippen LogP contribution in [0.5, 0.6) is 5.75 Å². The highest BCUT2D eigenvalue weighted by Gasteiger charge is 2.12. The summed E-state index contributed by atoms with van der Waals surface area (Å²) in [7, 11) is 0. The van der Waals surface area contributed by atoms with Crippen LogP contribution in [0, 0.1) is 5.82 Å². The zero-order valence-corrected chi connectivity index (χ0v) is 12.0. The van der Waals surface area contributed by atoms with Crippen molar-refractivity contribution in [2.45, 2.75) is 12.5 Å². The Morgan fingerprint density at radius 1 is 1.10 bits per heavy atom. The van der Waals surface area contributed by atoms with Gasteiger partial charge < -0.3 is 9.84 Å². The highest BCUT2D eigenvalue weighted by molar-refractivity contribution is 6.31. The topological polar surface area (TPSA) is 29.5 Å². The van der Waals surface area contributed by atoms with Crippen LogP contribution in [0.2, 0.25) is 10.0 Å². The van der Waals surface area contributed by atoms with Crippen LogP contribution in [-0.4, -0.2) is 17.8 Å². The highest BCUT2D eigenvalue weighted by Crippen LogP contribution is 2.21. The van der Waals surface area contributed by atoms with Crippen molar-refractivity contribution in [3.63, 3.8) is 0 Å². The lowest BCUT2D eigenvalue weighted by molar-refractivity contribution is 0.107. The molecule has 0 aliphatic rings. The fourth-order valence-corrected chi connectivity index (χ4v) is 2.07. The molecule has 0 bridgehead atoms. The van der Waals surface area contributed by atoms with E-state index in [1.807, 2.05) is 0 Å². The summed E-state index contributed by atoms with van der Waals surface area (Å²) in [4.78, 5) is 0. The molecule has 0 radical (unpaired) electrons. The molecule has 0 aromatic heterocycles. The number of benzene rings is 2. The molecule has 1 atom stereocenters. The molecule has 0 saturated carbocycles. The molecular formula is C15H13Cl2FO2. The molecule has 2 rings (SSSR count). The first kappa shape index (κ1) is 15.1. The predicted octanol–water partition coefficient (Wildman–Crippen LogP) is 4.11. The van der Waals surface area contributed by atoms with Gasteiger partial charge in [-0.3, -0.25) is 0 Å². The largest absolute Gasteiger partial charge is 0.491 e. The maximum Gasteiger partial charge on any atom is 0.142 e. The molecule has 5 heteroatoms. The van der Waals surface area contributed by atoms with Crippen LogP contribution >= 0.6 is 23.2 Å². The maximum atomic E-state index is 13.3. The summed E-state index contributed by atoms with van der Waals surface area (Å²) in [6, 6.07) is 11.3. The van der Waals surface area contributed by atoms with E-state index in [-0.39, 0.29) is 18.1 Å². The normalized spacial score (nSPS) is 12.2. The minimum Gasteiger partial charge on any atom is -0.491 e. The summed E-state index contributed by atoms with van der Waals surface area (Å²) in [6.45, 7) is 0.0917. The first-order valence-electron chi connectivity index (χ1n) is 6.05. The lowest BCUT2D eigenvalue weighted by Crippen LogP contribution is -2.20. The van der Waals surface area contributed by atoms with Gasteiger partial charge in [-0.25, -0.2) is 4.39 Å². The summed E-state index contributed by atoms with van der Waals surface area (Å²) in [5.74, 6) is 0.119. The van der Waals surface area contributed by atoms with E-state index in [0.717, 1.165) is 0 Å². The van der Waals surface area contributed by atoms with Gasteiger partial charge in [0, 0.05) is 11.4 Å². The lowest BCUT2D eigenvalue weighted by atomic mass is 10.1. The monoisotopic (exact) mass is 314 g/mol. The van der Waals surface area contributed by atoms with Gasteiger partial charge in [-0.15, -0.1) is 0 Å². The fourth-order valence-electron chi connectivity index (χ4n) is 1.74. The van der Waals surface area contributed by atoms with Gasteiger partial charge in [0.1, 0.15) is 18.2 Å². The van der Waals surface area contributed by atoms with Crippen molar-refractivity contribution in [1.29, 1.82) is 0 Å². The Morgan fingerprint density at radius 2 is 1.80 bits per heavy atom. The van der Waals surface area contributed by atoms with E-state index >= 15 is 0 Å². The maximum absolute atomic E-state index is 13.3. The summed E-state index contributed by atoms with van der Waals surface area (Å²) >= 11 is 11.6. The molecule has 0 heterocycles. The third kappa shape index (κ3) is 4.10. The van der Waals surface area contributed by atoms with Crippen molar-refractivity contribution in [2.75, 3.05) is 6.61 Å². The smallest absolute Gasteiger partial charge is 0.142 e. The molecule has 0 amide bonds. The molecule has 0 aliphatic carbocycles. The van der Waals surface area contributed by atoms with Crippen molar-refractivity contribution < 1.29 is 14.2 Å². The summed E-state index contributed by atoms with van der Waals surface area (Å²) in [5, 5.41) is 10.6. The molecule has 2 nitrogen and oxygen atoms in total. The molecule has 20 heavy (non-hydrogen) atoms. The molecule has 1 unspecified atom stereocenters. The number of rotatable bonds is 5. The zero-order chi connectivity index (χ0) is 14.5. The number of halogens is 3. The molecule has 0 saturated heterocycles. The molecular weight excluding hydrogens is 302 g/mol. The van der Waals surface area contributed by atoms with Crippen LogP contribution in [0.15, 0.2) is 42.5 Å². The number of ether oxygens (including phenoxy) is 1. The lowest BCUT2D eigenvalue weighted by Gasteiger charge is -2.13. The van der Waals surface area contributed by atoms with Gasteiger partial charge in [-0.05, 0) is 35.9 Å². The highest BCUT2D eigenvalue weighted by atomic mass is 35.5. The van der Waals surface area contributed by atoms with Gasteiger partial charge in [-0.2, -0.15) is 0 Å². The van der Waals surface area contributed by atoms with Crippen molar-refractivity contribution >= 4 is 23.2 Å². The Balaban J connectivity index is 1.91. The summed E-state index contributed by atoms with van der Waals surface area (Å²) < 4.78 is 18.7. The van der Waals surface area contributed by atoms with E-state index in [4.69, 9.17) is 27.9 Å². The predicted molar refractivity (Wildman–Crippen MR) is 78.1 cm³/mol. The zero-order valence-electron chi connectivity index (χ0n) is 10.5. The standard InChI is InChI=1S/C15H13Cl2FO2/c16-11-4-6-13(7-5-11)20-9-12(19)8-10-2-1-3-14(18)15(10)17/h1-7,12,19H,8-9H2. The van der Waals surface area contributed by atoms with Gasteiger partial charge in [0.05, 0.1) is 11.1 Å². The van der Waals surface area contributed by atoms with Gasteiger partial charge in [0.2, 0.25) is 0 Å². The van der Waals surface area contributed by atoms with Crippen LogP contribution in [0.4, 0.5) is 4.39 Å². The number of aliphatic hydroxyl groups excluding tert-OH is 1. The summed E-state index contributed by atoms with van der Waals surface area (Å²) in [5.41, 5.74) is 0.555. The van der Waals surface area contributed by atoms with E-state index in [1.54, 1.807) is 36.4 Å². The SMILES string of the molecule is OC(COc1ccc(Cl)cc1)Cc1cccc(F)c1Cl. The molecule has 0 aliphatic heterocycles. The van der Waals surface area contributed by atoms with Crippen LogP contribution in [0.25, 0.3) is 0 Å². The number of hydrogen-bond acceptors (Lipinski definition) is 2. The van der Waals surface area contributed by atoms with Gasteiger partial charge in [0.25, 0.3) is 0 Å². The molecule has 0 fully saturated rings. The Kier molecular flexibility index (Phi) is 5.24. The van der Waals surface area contributed by atoms with E-state index in [1.165, 1.54) is 6.07 Å². The minimum absolute atomic E-state index is 0.0399. The van der Waals surface area contributed by atoms with Crippen LogP contribution in [0.3, 0.4) is 0 Å². The Morgan fingerprint density at radius 3 is 2.50 bits per heavy atom. The van der Waals surface area contributed by atoms with E-state index < -0.39 is 11.9 Å². The summed E-state index contributed by atoms with van der Waals surface area (Å²) in [6.07, 6.45) is -0.547. The van der Waals surface area contributed by atoms with Crippen LogP contribution in [0.1, 0.15) is 5.56 Å².